The number of nitrogens with zero attached hydrogens (tertiary/aromatic N) is 4. The highest BCUT2D eigenvalue weighted by Crippen LogP contribution is 2.50. The summed E-state index contributed by atoms with van der Waals surface area (Å²) in [6, 6.07) is 13.2. The molecule has 35 heavy (non-hydrogen) atoms. The van der Waals surface area contributed by atoms with Gasteiger partial charge in [-0.1, -0.05) is 36.0 Å². The van der Waals surface area contributed by atoms with Gasteiger partial charge in [-0.25, -0.2) is 9.97 Å². The highest BCUT2D eigenvalue weighted by Gasteiger charge is 2.48. The van der Waals surface area contributed by atoms with Crippen LogP contribution in [-0.4, -0.2) is 33.1 Å². The van der Waals surface area contributed by atoms with E-state index in [1.807, 2.05) is 6.20 Å². The monoisotopic (exact) mass is 484 g/mol. The first kappa shape index (κ1) is 21.8. The van der Waals surface area contributed by atoms with Gasteiger partial charge >= 0.3 is 0 Å². The van der Waals surface area contributed by atoms with Crippen molar-refractivity contribution in [1.82, 2.24) is 15.0 Å². The molecule has 0 bridgehead atoms. The van der Waals surface area contributed by atoms with Crippen LogP contribution in [0, 0.1) is 12.3 Å². The number of aromatic nitrogens is 3. The zero-order chi connectivity index (χ0) is 23.6. The minimum absolute atomic E-state index is 0.385. The number of aliphatic hydroxyl groups is 1. The molecule has 5 nitrogen and oxygen atoms in total. The second-order valence-electron chi connectivity index (χ2n) is 11.2. The molecule has 3 heterocycles. The van der Waals surface area contributed by atoms with Crippen LogP contribution in [0.15, 0.2) is 52.5 Å². The Morgan fingerprint density at radius 2 is 1.69 bits per heavy atom. The lowest BCUT2D eigenvalue weighted by atomic mass is 9.76. The summed E-state index contributed by atoms with van der Waals surface area (Å²) in [5, 5.41) is 12.1. The molecule has 180 valence electrons. The van der Waals surface area contributed by atoms with Crippen molar-refractivity contribution < 1.29 is 5.11 Å². The summed E-state index contributed by atoms with van der Waals surface area (Å²) in [7, 11) is 0. The summed E-state index contributed by atoms with van der Waals surface area (Å²) in [4.78, 5) is 18.3. The molecule has 0 unspecified atom stereocenters. The molecule has 2 aromatic heterocycles. The molecule has 4 aliphatic rings. The first-order valence-corrected chi connectivity index (χ1v) is 13.9. The van der Waals surface area contributed by atoms with Gasteiger partial charge < -0.3 is 10.0 Å². The summed E-state index contributed by atoms with van der Waals surface area (Å²) < 4.78 is 0. The van der Waals surface area contributed by atoms with Crippen molar-refractivity contribution in [2.45, 2.75) is 79.7 Å². The van der Waals surface area contributed by atoms with Crippen LogP contribution in [0.3, 0.4) is 0 Å². The first-order valence-electron chi connectivity index (χ1n) is 13.1. The molecule has 0 amide bonds. The van der Waals surface area contributed by atoms with Crippen LogP contribution < -0.4 is 4.90 Å². The van der Waals surface area contributed by atoms with Crippen molar-refractivity contribution >= 4 is 17.6 Å². The summed E-state index contributed by atoms with van der Waals surface area (Å²) in [6.07, 6.45) is 10.7. The van der Waals surface area contributed by atoms with Crippen molar-refractivity contribution in [2.24, 2.45) is 5.41 Å². The van der Waals surface area contributed by atoms with Crippen LogP contribution in [0.5, 0.6) is 0 Å². The van der Waals surface area contributed by atoms with E-state index in [-0.39, 0.29) is 0 Å². The Balaban J connectivity index is 1.14. The number of anilines is 1. The average Bonchev–Trinajstić information content (AvgIpc) is 3.80. The first-order chi connectivity index (χ1) is 17.0. The summed E-state index contributed by atoms with van der Waals surface area (Å²) in [6.45, 7) is 4.02. The van der Waals surface area contributed by atoms with Crippen molar-refractivity contribution in [2.75, 3.05) is 18.0 Å². The fourth-order valence-corrected chi connectivity index (χ4v) is 6.86. The van der Waals surface area contributed by atoms with E-state index in [0.717, 1.165) is 65.9 Å². The number of hydrogen-bond donors (Lipinski definition) is 1. The van der Waals surface area contributed by atoms with Gasteiger partial charge in [-0.3, -0.25) is 4.98 Å². The Bertz CT molecular complexity index is 1260. The molecule has 0 atom stereocenters. The second kappa shape index (κ2) is 8.04. The van der Waals surface area contributed by atoms with Crippen molar-refractivity contribution in [3.63, 3.8) is 0 Å². The molecule has 7 rings (SSSR count). The van der Waals surface area contributed by atoms with E-state index >= 15 is 0 Å². The van der Waals surface area contributed by atoms with Gasteiger partial charge in [0.15, 0.2) is 5.82 Å². The van der Waals surface area contributed by atoms with E-state index < -0.39 is 5.60 Å². The van der Waals surface area contributed by atoms with Crippen molar-refractivity contribution in [1.29, 1.82) is 0 Å². The Morgan fingerprint density at radius 1 is 0.971 bits per heavy atom. The maximum absolute atomic E-state index is 11.2. The van der Waals surface area contributed by atoms with Crippen LogP contribution in [0.25, 0.3) is 0 Å². The molecule has 0 radical (unpaired) electrons. The Hall–Kier alpha value is -2.44. The van der Waals surface area contributed by atoms with E-state index in [2.05, 4.69) is 53.2 Å². The Morgan fingerprint density at radius 3 is 2.34 bits per heavy atom. The predicted octanol–water partition coefficient (Wildman–Crippen LogP) is 5.58. The van der Waals surface area contributed by atoms with Crippen LogP contribution in [-0.2, 0) is 18.4 Å². The fraction of sp³-hybridized carbons (Fsp3) is 0.483. The summed E-state index contributed by atoms with van der Waals surface area (Å²) in [5.41, 5.74) is 5.55. The van der Waals surface area contributed by atoms with E-state index in [4.69, 9.17) is 9.97 Å². The summed E-state index contributed by atoms with van der Waals surface area (Å²) in [5.74, 6) is 1.54. The van der Waals surface area contributed by atoms with Crippen LogP contribution in [0.4, 0.5) is 5.82 Å². The minimum Gasteiger partial charge on any atom is -0.383 e. The predicted molar refractivity (Wildman–Crippen MR) is 138 cm³/mol. The minimum atomic E-state index is -0.818. The van der Waals surface area contributed by atoms with Crippen molar-refractivity contribution in [3.05, 3.63) is 70.8 Å². The Kier molecular flexibility index (Phi) is 5.01. The molecule has 1 N–H and O–H groups in total. The van der Waals surface area contributed by atoms with Crippen LogP contribution >= 0.6 is 11.8 Å². The smallest absolute Gasteiger partial charge is 0.153 e. The molecule has 3 fully saturated rings. The van der Waals surface area contributed by atoms with Gasteiger partial charge in [0.25, 0.3) is 0 Å². The third kappa shape index (κ3) is 4.05. The number of fused-ring (bicyclic) bond motifs is 1. The molecule has 3 aliphatic carbocycles. The highest BCUT2D eigenvalue weighted by atomic mass is 32.2. The lowest BCUT2D eigenvalue weighted by Gasteiger charge is -2.40. The zero-order valence-electron chi connectivity index (χ0n) is 20.3. The quantitative estimate of drug-likeness (QED) is 0.510. The molecule has 1 aliphatic heterocycles. The van der Waals surface area contributed by atoms with E-state index in [1.165, 1.54) is 42.5 Å². The van der Waals surface area contributed by atoms with Crippen molar-refractivity contribution in [3.8, 4) is 0 Å². The standard InChI is InChI=1S/C29H32N4OS/c1-19-27(35-23-8-13-30-24(16-23)20-6-7-20)32-25(29(34)9-10-29)26(31-19)33-14-11-28(12-15-33)17-21-4-2-3-5-22(21)18-28/h2-5,8,13,16,20,34H,6-7,9-12,14-15,17-18H2,1H3. The van der Waals surface area contributed by atoms with Gasteiger partial charge in [0.1, 0.15) is 16.3 Å². The van der Waals surface area contributed by atoms with E-state index in [0.29, 0.717) is 11.3 Å². The number of piperidine rings is 1. The van der Waals surface area contributed by atoms with Crippen LogP contribution in [0.1, 0.15) is 72.7 Å². The van der Waals surface area contributed by atoms with E-state index in [1.54, 1.807) is 11.8 Å². The molecule has 1 aromatic carbocycles. The van der Waals surface area contributed by atoms with Gasteiger partial charge in [0, 0.05) is 35.8 Å². The van der Waals surface area contributed by atoms with Crippen LogP contribution in [0.2, 0.25) is 0 Å². The maximum Gasteiger partial charge on any atom is 0.153 e. The lowest BCUT2D eigenvalue weighted by molar-refractivity contribution is 0.145. The number of hydrogen-bond acceptors (Lipinski definition) is 6. The van der Waals surface area contributed by atoms with Gasteiger partial charge in [-0.2, -0.15) is 0 Å². The normalized spacial score (nSPS) is 21.8. The van der Waals surface area contributed by atoms with E-state index in [9.17, 15) is 5.11 Å². The fourth-order valence-electron chi connectivity index (χ4n) is 6.00. The summed E-state index contributed by atoms with van der Waals surface area (Å²) >= 11 is 1.65. The molecule has 1 saturated heterocycles. The molecule has 3 aromatic rings. The lowest BCUT2D eigenvalue weighted by Crippen LogP contribution is -2.42. The number of pyridine rings is 1. The average molecular weight is 485 g/mol. The van der Waals surface area contributed by atoms with Gasteiger partial charge in [-0.15, -0.1) is 0 Å². The molecule has 1 spiro atoms. The maximum atomic E-state index is 11.2. The number of rotatable bonds is 5. The largest absolute Gasteiger partial charge is 0.383 e. The molecule has 2 saturated carbocycles. The topological polar surface area (TPSA) is 62.1 Å². The Labute approximate surface area is 211 Å². The molecule has 6 heteroatoms. The second-order valence-corrected chi connectivity index (χ2v) is 12.3. The van der Waals surface area contributed by atoms with Gasteiger partial charge in [0.2, 0.25) is 0 Å². The third-order valence-electron chi connectivity index (χ3n) is 8.51. The molecular formula is C29H32N4OS. The zero-order valence-corrected chi connectivity index (χ0v) is 21.2. The molecular weight excluding hydrogens is 452 g/mol. The SMILES string of the molecule is Cc1nc(N2CCC3(CC2)Cc2ccccc2C3)c(C2(O)CC2)nc1Sc1ccnc(C2CC2)c1. The van der Waals surface area contributed by atoms with Gasteiger partial charge in [0.05, 0.1) is 5.69 Å². The number of benzene rings is 1. The highest BCUT2D eigenvalue weighted by molar-refractivity contribution is 7.99. The number of aryl methyl sites for hydroxylation is 1. The van der Waals surface area contributed by atoms with Gasteiger partial charge in [-0.05, 0) is 87.0 Å². The third-order valence-corrected chi connectivity index (χ3v) is 9.58.